The van der Waals surface area contributed by atoms with E-state index in [1.165, 1.54) is 24.1 Å². The van der Waals surface area contributed by atoms with E-state index < -0.39 is 23.7 Å². The fourth-order valence-corrected chi connectivity index (χ4v) is 5.11. The number of methoxy groups -OCH3 is 1. The molecule has 3 aromatic rings. The number of carbonyl (C=O) groups is 3. The van der Waals surface area contributed by atoms with Crippen molar-refractivity contribution in [3.05, 3.63) is 105 Å². The second-order valence-electron chi connectivity index (χ2n) is 10.6. The van der Waals surface area contributed by atoms with Crippen molar-refractivity contribution in [2.75, 3.05) is 7.11 Å². The summed E-state index contributed by atoms with van der Waals surface area (Å²) in [7, 11) is 1.41. The number of hydrogen-bond acceptors (Lipinski definition) is 5. The molecule has 7 nitrogen and oxygen atoms in total. The van der Waals surface area contributed by atoms with Gasteiger partial charge in [-0.2, -0.15) is 0 Å². The fraction of sp³-hybridized carbons (Fsp3) is 0.258. The molecule has 0 radical (unpaired) electrons. The maximum atomic E-state index is 13.5. The van der Waals surface area contributed by atoms with Gasteiger partial charge < -0.3 is 19.8 Å². The number of amides is 1. The Morgan fingerprint density at radius 3 is 2.15 bits per heavy atom. The molecule has 8 heteroatoms. The van der Waals surface area contributed by atoms with Crippen LogP contribution < -0.4 is 4.74 Å². The minimum absolute atomic E-state index is 0.0264. The molecule has 4 rings (SSSR count). The molecule has 0 bridgehead atoms. The Kier molecular flexibility index (Phi) is 7.57. The Labute approximate surface area is 232 Å². The number of halogens is 1. The molecule has 1 heterocycles. The first-order valence-electron chi connectivity index (χ1n) is 12.4. The molecule has 1 saturated heterocycles. The molecule has 202 valence electrons. The third kappa shape index (κ3) is 5.40. The highest BCUT2D eigenvalue weighted by atomic mass is 35.5. The maximum Gasteiger partial charge on any atom is 0.335 e. The molecule has 0 saturated carbocycles. The zero-order valence-corrected chi connectivity index (χ0v) is 23.2. The molecule has 0 spiro atoms. The van der Waals surface area contributed by atoms with Crippen LogP contribution in [0.4, 0.5) is 0 Å². The molecule has 1 fully saturated rings. The number of nitrogens with zero attached hydrogens (tertiary/aromatic N) is 1. The second kappa shape index (κ2) is 10.6. The minimum Gasteiger partial charge on any atom is -0.507 e. The third-order valence-corrected chi connectivity index (χ3v) is 7.11. The highest BCUT2D eigenvalue weighted by Gasteiger charge is 2.46. The topological polar surface area (TPSA) is 104 Å². The Morgan fingerprint density at radius 1 is 1.00 bits per heavy atom. The van der Waals surface area contributed by atoms with Crippen LogP contribution in [0.25, 0.3) is 5.76 Å². The quantitative estimate of drug-likeness (QED) is 0.214. The number of ether oxygens (including phenoxy) is 1. The van der Waals surface area contributed by atoms with Crippen LogP contribution in [0.15, 0.2) is 66.2 Å². The molecular formula is C31H30ClNO6. The van der Waals surface area contributed by atoms with Gasteiger partial charge in [0.2, 0.25) is 0 Å². The summed E-state index contributed by atoms with van der Waals surface area (Å²) in [6.07, 6.45) is 0. The minimum atomic E-state index is -1.06. The standard InChI is InChI=1S/C31H30ClNO6/c1-17-14-22(28(39-5)23(32)15-17)26(34)24-25(19-10-12-21(13-11-19)31(2,3)4)33(29(36)27(24)35)16-18-6-8-20(9-7-18)30(37)38/h6-15,25,34H,16H2,1-5H3,(H,37,38)/b26-24+. The molecule has 1 aliphatic rings. The fourth-order valence-electron chi connectivity index (χ4n) is 4.76. The summed E-state index contributed by atoms with van der Waals surface area (Å²) in [5.74, 6) is -2.87. The van der Waals surface area contributed by atoms with Crippen LogP contribution in [0.1, 0.15) is 65.0 Å². The predicted molar refractivity (Wildman–Crippen MR) is 149 cm³/mol. The van der Waals surface area contributed by atoms with Gasteiger partial charge in [-0.1, -0.05) is 68.8 Å². The first-order valence-corrected chi connectivity index (χ1v) is 12.8. The zero-order valence-electron chi connectivity index (χ0n) is 22.4. The number of carboxylic acid groups (broad SMARTS) is 1. The molecule has 1 atom stereocenters. The first-order chi connectivity index (χ1) is 18.3. The molecule has 2 N–H and O–H groups in total. The number of Topliss-reactive ketones (excluding diaryl/α,β-unsaturated/α-hetero) is 1. The van der Waals surface area contributed by atoms with Crippen LogP contribution in [0.2, 0.25) is 5.02 Å². The monoisotopic (exact) mass is 547 g/mol. The van der Waals surface area contributed by atoms with Gasteiger partial charge in [0.15, 0.2) is 0 Å². The summed E-state index contributed by atoms with van der Waals surface area (Å²) in [5.41, 5.74) is 3.21. The van der Waals surface area contributed by atoms with Crippen molar-refractivity contribution in [3.63, 3.8) is 0 Å². The van der Waals surface area contributed by atoms with Gasteiger partial charge in [0.25, 0.3) is 11.7 Å². The van der Waals surface area contributed by atoms with E-state index in [1.807, 2.05) is 24.3 Å². The maximum absolute atomic E-state index is 13.5. The predicted octanol–water partition coefficient (Wildman–Crippen LogP) is 6.27. The van der Waals surface area contributed by atoms with Crippen LogP contribution in [0, 0.1) is 6.92 Å². The van der Waals surface area contributed by atoms with Gasteiger partial charge in [-0.15, -0.1) is 0 Å². The molecule has 1 amide bonds. The summed E-state index contributed by atoms with van der Waals surface area (Å²) in [4.78, 5) is 39.6. The summed E-state index contributed by atoms with van der Waals surface area (Å²) in [6.45, 7) is 8.08. The Hall–Kier alpha value is -4.10. The molecule has 3 aromatic carbocycles. The molecule has 1 unspecified atom stereocenters. The summed E-state index contributed by atoms with van der Waals surface area (Å²) < 4.78 is 5.44. The molecule has 1 aliphatic heterocycles. The highest BCUT2D eigenvalue weighted by Crippen LogP contribution is 2.43. The normalized spacial score (nSPS) is 17.0. The van der Waals surface area contributed by atoms with Crippen molar-refractivity contribution < 1.29 is 29.3 Å². The highest BCUT2D eigenvalue weighted by molar-refractivity contribution is 6.46. The van der Waals surface area contributed by atoms with Gasteiger partial charge in [-0.3, -0.25) is 9.59 Å². The van der Waals surface area contributed by atoms with Crippen molar-refractivity contribution in [2.45, 2.75) is 45.7 Å². The van der Waals surface area contributed by atoms with E-state index in [1.54, 1.807) is 31.2 Å². The summed E-state index contributed by atoms with van der Waals surface area (Å²) >= 11 is 6.37. The van der Waals surface area contributed by atoms with E-state index in [0.29, 0.717) is 11.1 Å². The van der Waals surface area contributed by atoms with Crippen LogP contribution in [-0.4, -0.2) is 39.9 Å². The molecule has 0 aliphatic carbocycles. The number of benzene rings is 3. The van der Waals surface area contributed by atoms with E-state index in [4.69, 9.17) is 16.3 Å². The lowest BCUT2D eigenvalue weighted by Crippen LogP contribution is -2.29. The van der Waals surface area contributed by atoms with Gasteiger partial charge in [0.1, 0.15) is 11.5 Å². The average Bonchev–Trinajstić information content (AvgIpc) is 3.12. The number of likely N-dealkylation sites (tertiary alicyclic amines) is 1. The second-order valence-corrected chi connectivity index (χ2v) is 11.0. The van der Waals surface area contributed by atoms with Crippen LogP contribution in [0.3, 0.4) is 0 Å². The van der Waals surface area contributed by atoms with E-state index >= 15 is 0 Å². The van der Waals surface area contributed by atoms with Gasteiger partial charge in [0, 0.05) is 6.54 Å². The Balaban J connectivity index is 1.90. The number of aliphatic hydroxyl groups is 1. The van der Waals surface area contributed by atoms with E-state index in [-0.39, 0.29) is 45.2 Å². The first kappa shape index (κ1) is 27.9. The van der Waals surface area contributed by atoms with Crippen LogP contribution >= 0.6 is 11.6 Å². The van der Waals surface area contributed by atoms with Crippen LogP contribution in [-0.2, 0) is 21.5 Å². The number of aryl methyl sites for hydroxylation is 1. The largest absolute Gasteiger partial charge is 0.507 e. The summed E-state index contributed by atoms with van der Waals surface area (Å²) in [5, 5.41) is 21.0. The molecule has 0 aromatic heterocycles. The van der Waals surface area contributed by atoms with Crippen molar-refractivity contribution in [3.8, 4) is 5.75 Å². The lowest BCUT2D eigenvalue weighted by atomic mass is 9.85. The molecule has 39 heavy (non-hydrogen) atoms. The van der Waals surface area contributed by atoms with Gasteiger partial charge in [0.05, 0.1) is 34.9 Å². The number of carbonyl (C=O) groups excluding carboxylic acids is 2. The zero-order chi connectivity index (χ0) is 28.6. The Morgan fingerprint density at radius 2 is 1.62 bits per heavy atom. The van der Waals surface area contributed by atoms with Crippen molar-refractivity contribution in [2.24, 2.45) is 0 Å². The van der Waals surface area contributed by atoms with E-state index in [0.717, 1.165) is 11.1 Å². The van der Waals surface area contributed by atoms with Crippen molar-refractivity contribution >= 4 is 35.0 Å². The number of aliphatic hydroxyl groups excluding tert-OH is 1. The van der Waals surface area contributed by atoms with Crippen molar-refractivity contribution in [1.29, 1.82) is 0 Å². The smallest absolute Gasteiger partial charge is 0.335 e. The number of rotatable bonds is 6. The van der Waals surface area contributed by atoms with Gasteiger partial charge in [-0.05, 0) is 58.9 Å². The molecular weight excluding hydrogens is 518 g/mol. The number of aromatic carboxylic acids is 1. The number of carboxylic acids is 1. The summed E-state index contributed by atoms with van der Waals surface area (Å²) in [6, 6.07) is 16.1. The lowest BCUT2D eigenvalue weighted by Gasteiger charge is -2.27. The lowest BCUT2D eigenvalue weighted by molar-refractivity contribution is -0.140. The third-order valence-electron chi connectivity index (χ3n) is 6.83. The number of ketones is 1. The average molecular weight is 548 g/mol. The van der Waals surface area contributed by atoms with Crippen LogP contribution in [0.5, 0.6) is 5.75 Å². The Bertz CT molecular complexity index is 1480. The van der Waals surface area contributed by atoms with Crippen molar-refractivity contribution in [1.82, 2.24) is 4.90 Å². The van der Waals surface area contributed by atoms with E-state index in [9.17, 15) is 24.6 Å². The van der Waals surface area contributed by atoms with Gasteiger partial charge >= 0.3 is 5.97 Å². The number of hydrogen-bond donors (Lipinski definition) is 2. The SMILES string of the molecule is COc1c(Cl)cc(C)cc1/C(O)=C1\C(=O)C(=O)N(Cc2ccc(C(=O)O)cc2)C1c1ccc(C(C)(C)C)cc1. The van der Waals surface area contributed by atoms with Gasteiger partial charge in [-0.25, -0.2) is 4.79 Å². The van der Waals surface area contributed by atoms with E-state index in [2.05, 4.69) is 20.8 Å².